The summed E-state index contributed by atoms with van der Waals surface area (Å²) in [7, 11) is 0. The van der Waals surface area contributed by atoms with Gasteiger partial charge in [0.2, 0.25) is 5.91 Å². The van der Waals surface area contributed by atoms with E-state index in [0.717, 1.165) is 5.56 Å². The first kappa shape index (κ1) is 19.1. The SMILES string of the molecule is CC(=O)N1CCN(C(=O)c2cc(NCc3ccc(Cl)cc3)nc(C)n2)CC1. The van der Waals surface area contributed by atoms with E-state index in [1.165, 1.54) is 0 Å². The molecule has 7 nitrogen and oxygen atoms in total. The van der Waals surface area contributed by atoms with Crippen LogP contribution in [0.15, 0.2) is 30.3 Å². The minimum Gasteiger partial charge on any atom is -0.366 e. The van der Waals surface area contributed by atoms with Gasteiger partial charge in [0.05, 0.1) is 0 Å². The summed E-state index contributed by atoms with van der Waals surface area (Å²) < 4.78 is 0. The largest absolute Gasteiger partial charge is 0.366 e. The van der Waals surface area contributed by atoms with Gasteiger partial charge in [0.15, 0.2) is 0 Å². The topological polar surface area (TPSA) is 78.4 Å². The molecule has 1 aromatic carbocycles. The van der Waals surface area contributed by atoms with Gasteiger partial charge in [-0.3, -0.25) is 9.59 Å². The molecule has 0 radical (unpaired) electrons. The fraction of sp³-hybridized carbons (Fsp3) is 0.368. The van der Waals surface area contributed by atoms with E-state index < -0.39 is 0 Å². The number of nitrogens with zero attached hydrogens (tertiary/aromatic N) is 4. The number of rotatable bonds is 4. The first-order valence-corrected chi connectivity index (χ1v) is 9.19. The molecule has 0 atom stereocenters. The number of carbonyl (C=O) groups is 2. The molecule has 27 heavy (non-hydrogen) atoms. The second kappa shape index (κ2) is 8.35. The molecule has 2 aromatic rings. The molecule has 2 amide bonds. The number of piperazine rings is 1. The molecule has 1 aliphatic rings. The van der Waals surface area contributed by atoms with Crippen LogP contribution in [-0.2, 0) is 11.3 Å². The lowest BCUT2D eigenvalue weighted by Crippen LogP contribution is -2.50. The molecule has 1 fully saturated rings. The first-order chi connectivity index (χ1) is 12.9. The number of hydrogen-bond donors (Lipinski definition) is 1. The van der Waals surface area contributed by atoms with E-state index in [2.05, 4.69) is 15.3 Å². The van der Waals surface area contributed by atoms with Crippen LogP contribution in [0.1, 0.15) is 28.8 Å². The summed E-state index contributed by atoms with van der Waals surface area (Å²) >= 11 is 5.90. The Bertz CT molecular complexity index is 832. The van der Waals surface area contributed by atoms with Gasteiger partial charge in [-0.2, -0.15) is 0 Å². The van der Waals surface area contributed by atoms with Crippen molar-refractivity contribution in [2.75, 3.05) is 31.5 Å². The van der Waals surface area contributed by atoms with Gasteiger partial charge in [-0.25, -0.2) is 9.97 Å². The number of hydrogen-bond acceptors (Lipinski definition) is 5. The maximum Gasteiger partial charge on any atom is 0.272 e. The van der Waals surface area contributed by atoms with Crippen LogP contribution in [0.2, 0.25) is 5.02 Å². The summed E-state index contributed by atoms with van der Waals surface area (Å²) in [6, 6.07) is 9.20. The van der Waals surface area contributed by atoms with Crippen LogP contribution in [0.5, 0.6) is 0 Å². The standard InChI is InChI=1S/C19H22ClN5O2/c1-13-22-17(19(27)25-9-7-24(8-10-25)14(2)26)11-18(23-13)21-12-15-3-5-16(20)6-4-15/h3-6,11H,7-10,12H2,1-2H3,(H,21,22,23). The van der Waals surface area contributed by atoms with Gasteiger partial charge in [-0.15, -0.1) is 0 Å². The van der Waals surface area contributed by atoms with Crippen LogP contribution >= 0.6 is 11.6 Å². The smallest absolute Gasteiger partial charge is 0.272 e. The third-order valence-corrected chi connectivity index (χ3v) is 4.71. The minimum atomic E-state index is -0.141. The highest BCUT2D eigenvalue weighted by atomic mass is 35.5. The maximum absolute atomic E-state index is 12.8. The maximum atomic E-state index is 12.8. The number of anilines is 1. The Balaban J connectivity index is 1.66. The van der Waals surface area contributed by atoms with E-state index in [-0.39, 0.29) is 11.8 Å². The summed E-state index contributed by atoms with van der Waals surface area (Å²) in [6.07, 6.45) is 0. The van der Waals surface area contributed by atoms with Crippen molar-refractivity contribution in [2.45, 2.75) is 20.4 Å². The van der Waals surface area contributed by atoms with Crippen molar-refractivity contribution in [1.82, 2.24) is 19.8 Å². The lowest BCUT2D eigenvalue weighted by Gasteiger charge is -2.34. The number of nitrogens with one attached hydrogen (secondary N) is 1. The molecule has 2 heterocycles. The van der Waals surface area contributed by atoms with E-state index in [1.807, 2.05) is 24.3 Å². The summed E-state index contributed by atoms with van der Waals surface area (Å²) in [5.74, 6) is 1.02. The summed E-state index contributed by atoms with van der Waals surface area (Å²) in [4.78, 5) is 36.3. The first-order valence-electron chi connectivity index (χ1n) is 8.81. The van der Waals surface area contributed by atoms with Crippen molar-refractivity contribution in [3.63, 3.8) is 0 Å². The Kier molecular flexibility index (Phi) is 5.91. The van der Waals surface area contributed by atoms with Gasteiger partial charge in [-0.1, -0.05) is 23.7 Å². The Morgan fingerprint density at radius 2 is 1.70 bits per heavy atom. The predicted molar refractivity (Wildman–Crippen MR) is 104 cm³/mol. The highest BCUT2D eigenvalue weighted by Gasteiger charge is 2.24. The highest BCUT2D eigenvalue weighted by molar-refractivity contribution is 6.30. The van der Waals surface area contributed by atoms with Crippen molar-refractivity contribution < 1.29 is 9.59 Å². The van der Waals surface area contributed by atoms with Crippen LogP contribution in [-0.4, -0.2) is 57.8 Å². The van der Waals surface area contributed by atoms with Gasteiger partial charge >= 0.3 is 0 Å². The van der Waals surface area contributed by atoms with E-state index in [0.29, 0.717) is 55.1 Å². The Hall–Kier alpha value is -2.67. The van der Waals surface area contributed by atoms with E-state index >= 15 is 0 Å². The quantitative estimate of drug-likeness (QED) is 0.871. The second-order valence-electron chi connectivity index (χ2n) is 6.46. The molecule has 3 rings (SSSR count). The number of aromatic nitrogens is 2. The van der Waals surface area contributed by atoms with Crippen LogP contribution in [0.3, 0.4) is 0 Å². The third-order valence-electron chi connectivity index (χ3n) is 4.46. The number of carbonyl (C=O) groups excluding carboxylic acids is 2. The lowest BCUT2D eigenvalue weighted by molar-refractivity contribution is -0.130. The highest BCUT2D eigenvalue weighted by Crippen LogP contribution is 2.14. The van der Waals surface area contributed by atoms with Gasteiger partial charge in [0.25, 0.3) is 5.91 Å². The number of halogens is 1. The van der Waals surface area contributed by atoms with Crippen LogP contribution in [0, 0.1) is 6.92 Å². The van der Waals surface area contributed by atoms with E-state index in [1.54, 1.807) is 29.7 Å². The molecule has 1 aromatic heterocycles. The molecule has 1 N–H and O–H groups in total. The van der Waals surface area contributed by atoms with Gasteiger partial charge < -0.3 is 15.1 Å². The predicted octanol–water partition coefficient (Wildman–Crippen LogP) is 2.35. The molecular weight excluding hydrogens is 366 g/mol. The molecule has 0 aliphatic carbocycles. The molecule has 0 unspecified atom stereocenters. The van der Waals surface area contributed by atoms with Crippen molar-refractivity contribution in [1.29, 1.82) is 0 Å². The number of aryl methyl sites for hydroxylation is 1. The summed E-state index contributed by atoms with van der Waals surface area (Å²) in [5.41, 5.74) is 1.42. The Morgan fingerprint density at radius 1 is 1.07 bits per heavy atom. The van der Waals surface area contributed by atoms with E-state index in [4.69, 9.17) is 11.6 Å². The van der Waals surface area contributed by atoms with Crippen LogP contribution in [0.25, 0.3) is 0 Å². The lowest BCUT2D eigenvalue weighted by atomic mass is 10.2. The van der Waals surface area contributed by atoms with Gasteiger partial charge in [0, 0.05) is 50.7 Å². The monoisotopic (exact) mass is 387 g/mol. The molecule has 1 saturated heterocycles. The Morgan fingerprint density at radius 3 is 2.33 bits per heavy atom. The fourth-order valence-electron chi connectivity index (χ4n) is 2.95. The molecular formula is C19H22ClN5O2. The average Bonchev–Trinajstić information content (AvgIpc) is 2.66. The fourth-order valence-corrected chi connectivity index (χ4v) is 3.08. The molecule has 142 valence electrons. The minimum absolute atomic E-state index is 0.0358. The number of benzene rings is 1. The van der Waals surface area contributed by atoms with Gasteiger partial charge in [0.1, 0.15) is 17.3 Å². The molecule has 0 bridgehead atoms. The summed E-state index contributed by atoms with van der Waals surface area (Å²) in [5, 5.41) is 3.91. The van der Waals surface area contributed by atoms with E-state index in [9.17, 15) is 9.59 Å². The number of amides is 2. The van der Waals surface area contributed by atoms with Crippen molar-refractivity contribution in [3.05, 3.63) is 52.4 Å². The molecule has 0 saturated carbocycles. The van der Waals surface area contributed by atoms with Crippen LogP contribution < -0.4 is 5.32 Å². The zero-order valence-corrected chi connectivity index (χ0v) is 16.2. The Labute approximate surface area is 163 Å². The van der Waals surface area contributed by atoms with Crippen molar-refractivity contribution in [3.8, 4) is 0 Å². The molecule has 1 aliphatic heterocycles. The average molecular weight is 388 g/mol. The van der Waals surface area contributed by atoms with Gasteiger partial charge in [-0.05, 0) is 24.6 Å². The third kappa shape index (κ3) is 4.95. The summed E-state index contributed by atoms with van der Waals surface area (Å²) in [6.45, 7) is 5.99. The normalized spacial score (nSPS) is 14.2. The van der Waals surface area contributed by atoms with Crippen molar-refractivity contribution >= 4 is 29.2 Å². The zero-order valence-electron chi connectivity index (χ0n) is 15.4. The molecule has 0 spiro atoms. The second-order valence-corrected chi connectivity index (χ2v) is 6.90. The molecule has 8 heteroatoms. The zero-order chi connectivity index (χ0) is 19.4. The van der Waals surface area contributed by atoms with Crippen LogP contribution in [0.4, 0.5) is 5.82 Å². The van der Waals surface area contributed by atoms with Crippen molar-refractivity contribution in [2.24, 2.45) is 0 Å².